The van der Waals surface area contributed by atoms with Crippen LogP contribution in [0.3, 0.4) is 0 Å². The van der Waals surface area contributed by atoms with Crippen molar-refractivity contribution < 1.29 is 18.7 Å². The van der Waals surface area contributed by atoms with Crippen molar-refractivity contribution in [1.29, 1.82) is 0 Å². The second-order valence-electron chi connectivity index (χ2n) is 4.88. The monoisotopic (exact) mass is 367 g/mol. The lowest BCUT2D eigenvalue weighted by molar-refractivity contribution is -0.146. The van der Waals surface area contributed by atoms with E-state index in [2.05, 4.69) is 5.32 Å². The Bertz CT molecular complexity index is 707. The number of nitrogens with one attached hydrogen (secondary N) is 1. The number of amides is 1. The maximum Gasteiger partial charge on any atom is 0.319 e. The summed E-state index contributed by atoms with van der Waals surface area (Å²) in [6.07, 6.45) is 0. The van der Waals surface area contributed by atoms with Gasteiger partial charge in [0.1, 0.15) is 11.1 Å². The molecule has 0 saturated heterocycles. The average Bonchev–Trinajstić information content (AvgIpc) is 2.57. The van der Waals surface area contributed by atoms with E-state index in [9.17, 15) is 14.0 Å². The van der Waals surface area contributed by atoms with Crippen LogP contribution < -0.4 is 5.32 Å². The highest BCUT2D eigenvalue weighted by molar-refractivity contribution is 8.00. The summed E-state index contributed by atoms with van der Waals surface area (Å²) in [6.45, 7) is 1.29. The van der Waals surface area contributed by atoms with Gasteiger partial charge in [0, 0.05) is 15.6 Å². The SMILES string of the molecule is C[C@H](Sc1ccc(Cl)cc1)C(=O)OCC(=O)Nc1ccc(F)cc1. The summed E-state index contributed by atoms with van der Waals surface area (Å²) in [6, 6.07) is 12.4. The lowest BCUT2D eigenvalue weighted by atomic mass is 10.3. The molecule has 7 heteroatoms. The molecule has 126 valence electrons. The number of hydrogen-bond acceptors (Lipinski definition) is 4. The second-order valence-corrected chi connectivity index (χ2v) is 6.73. The lowest BCUT2D eigenvalue weighted by Crippen LogP contribution is -2.24. The van der Waals surface area contributed by atoms with Gasteiger partial charge in [-0.15, -0.1) is 11.8 Å². The molecule has 2 aromatic rings. The Labute approximate surface area is 148 Å². The Morgan fingerprint density at radius 2 is 1.79 bits per heavy atom. The summed E-state index contributed by atoms with van der Waals surface area (Å²) in [5.41, 5.74) is 0.432. The van der Waals surface area contributed by atoms with Gasteiger partial charge in [0.25, 0.3) is 5.91 Å². The van der Waals surface area contributed by atoms with Gasteiger partial charge in [-0.2, -0.15) is 0 Å². The highest BCUT2D eigenvalue weighted by atomic mass is 35.5. The fraction of sp³-hybridized carbons (Fsp3) is 0.176. The van der Waals surface area contributed by atoms with Gasteiger partial charge in [0.05, 0.1) is 0 Å². The Morgan fingerprint density at radius 1 is 1.17 bits per heavy atom. The molecule has 2 aromatic carbocycles. The number of carbonyl (C=O) groups is 2. The van der Waals surface area contributed by atoms with Crippen molar-refractivity contribution in [2.24, 2.45) is 0 Å². The molecular weight excluding hydrogens is 353 g/mol. The van der Waals surface area contributed by atoms with Crippen molar-refractivity contribution in [3.63, 3.8) is 0 Å². The van der Waals surface area contributed by atoms with E-state index in [0.717, 1.165) is 4.90 Å². The highest BCUT2D eigenvalue weighted by Gasteiger charge is 2.17. The molecule has 0 radical (unpaired) electrons. The zero-order valence-electron chi connectivity index (χ0n) is 12.8. The van der Waals surface area contributed by atoms with Crippen LogP contribution in [0.2, 0.25) is 5.02 Å². The van der Waals surface area contributed by atoms with Crippen LogP contribution in [0.15, 0.2) is 53.4 Å². The Kier molecular flexibility index (Phi) is 6.63. The average molecular weight is 368 g/mol. The molecule has 24 heavy (non-hydrogen) atoms. The third kappa shape index (κ3) is 5.86. The van der Waals surface area contributed by atoms with Crippen molar-refractivity contribution in [3.8, 4) is 0 Å². The van der Waals surface area contributed by atoms with Gasteiger partial charge >= 0.3 is 5.97 Å². The number of halogens is 2. The fourth-order valence-electron chi connectivity index (χ4n) is 1.75. The van der Waals surface area contributed by atoms with Gasteiger partial charge in [-0.1, -0.05) is 11.6 Å². The molecular formula is C17H15ClFNO3S. The lowest BCUT2D eigenvalue weighted by Gasteiger charge is -2.11. The number of rotatable bonds is 6. The number of hydrogen-bond donors (Lipinski definition) is 1. The normalized spacial score (nSPS) is 11.6. The van der Waals surface area contributed by atoms with Crippen molar-refractivity contribution in [1.82, 2.24) is 0 Å². The van der Waals surface area contributed by atoms with Gasteiger partial charge in [0.15, 0.2) is 6.61 Å². The molecule has 1 atom stereocenters. The predicted octanol–water partition coefficient (Wildman–Crippen LogP) is 4.14. The van der Waals surface area contributed by atoms with Crippen LogP contribution in [0.4, 0.5) is 10.1 Å². The molecule has 1 N–H and O–H groups in total. The third-order valence-corrected chi connectivity index (χ3v) is 4.27. The van der Waals surface area contributed by atoms with Crippen LogP contribution in [0.1, 0.15) is 6.92 Å². The second kappa shape index (κ2) is 8.70. The van der Waals surface area contributed by atoms with Crippen LogP contribution in [-0.2, 0) is 14.3 Å². The van der Waals surface area contributed by atoms with Crippen LogP contribution in [0, 0.1) is 5.82 Å². The van der Waals surface area contributed by atoms with Crippen LogP contribution in [-0.4, -0.2) is 23.7 Å². The minimum atomic E-state index is -0.496. The molecule has 2 rings (SSSR count). The number of carbonyl (C=O) groups excluding carboxylic acids is 2. The maximum absolute atomic E-state index is 12.8. The molecule has 0 unspecified atom stereocenters. The number of esters is 1. The molecule has 1 amide bonds. The molecule has 0 spiro atoms. The largest absolute Gasteiger partial charge is 0.455 e. The molecule has 0 saturated carbocycles. The van der Waals surface area contributed by atoms with Crippen LogP contribution >= 0.6 is 23.4 Å². The maximum atomic E-state index is 12.8. The quantitative estimate of drug-likeness (QED) is 0.615. The molecule has 0 aliphatic heterocycles. The summed E-state index contributed by atoms with van der Waals surface area (Å²) < 4.78 is 17.8. The van der Waals surface area contributed by atoms with Gasteiger partial charge in [-0.3, -0.25) is 9.59 Å². The summed E-state index contributed by atoms with van der Waals surface area (Å²) >= 11 is 7.12. The third-order valence-electron chi connectivity index (χ3n) is 2.93. The first-order valence-corrected chi connectivity index (χ1v) is 8.34. The predicted molar refractivity (Wildman–Crippen MR) is 92.8 cm³/mol. The topological polar surface area (TPSA) is 55.4 Å². The minimum absolute atomic E-state index is 0.396. The summed E-state index contributed by atoms with van der Waals surface area (Å²) in [5, 5.41) is 2.66. The van der Waals surface area contributed by atoms with Crippen LogP contribution in [0.5, 0.6) is 0 Å². The zero-order valence-corrected chi connectivity index (χ0v) is 14.4. The van der Waals surface area contributed by atoms with Gasteiger partial charge in [0.2, 0.25) is 0 Å². The van der Waals surface area contributed by atoms with Crippen molar-refractivity contribution in [3.05, 3.63) is 59.4 Å². The van der Waals surface area contributed by atoms with Crippen molar-refractivity contribution in [2.45, 2.75) is 17.1 Å². The summed E-state index contributed by atoms with van der Waals surface area (Å²) in [5.74, 6) is -1.38. The molecule has 0 aliphatic carbocycles. The summed E-state index contributed by atoms with van der Waals surface area (Å²) in [4.78, 5) is 24.5. The van der Waals surface area contributed by atoms with Gasteiger partial charge < -0.3 is 10.1 Å². The van der Waals surface area contributed by atoms with Crippen molar-refractivity contribution >= 4 is 40.9 Å². The van der Waals surface area contributed by atoms with Gasteiger partial charge in [-0.25, -0.2) is 4.39 Å². The van der Waals surface area contributed by atoms with E-state index >= 15 is 0 Å². The molecule has 0 aliphatic rings. The molecule has 0 aromatic heterocycles. The number of benzene rings is 2. The zero-order chi connectivity index (χ0) is 17.5. The highest BCUT2D eigenvalue weighted by Crippen LogP contribution is 2.25. The van der Waals surface area contributed by atoms with E-state index in [0.29, 0.717) is 10.7 Å². The van der Waals surface area contributed by atoms with E-state index in [1.807, 2.05) is 0 Å². The Hall–Kier alpha value is -2.05. The first-order valence-electron chi connectivity index (χ1n) is 7.08. The first-order chi connectivity index (χ1) is 11.4. The standard InChI is InChI=1S/C17H15ClFNO3S/c1-11(24-15-8-2-12(18)3-9-15)17(22)23-10-16(21)20-14-6-4-13(19)5-7-14/h2-9,11H,10H2,1H3,(H,20,21)/t11-/m0/s1. The number of anilines is 1. The van der Waals surface area contributed by atoms with E-state index in [1.54, 1.807) is 31.2 Å². The van der Waals surface area contributed by atoms with E-state index in [4.69, 9.17) is 16.3 Å². The first kappa shape index (κ1) is 18.3. The molecule has 0 heterocycles. The number of ether oxygens (including phenoxy) is 1. The van der Waals surface area contributed by atoms with Crippen molar-refractivity contribution in [2.75, 3.05) is 11.9 Å². The fourth-order valence-corrected chi connectivity index (χ4v) is 2.74. The number of thioether (sulfide) groups is 1. The molecule has 0 bridgehead atoms. The van der Waals surface area contributed by atoms with E-state index < -0.39 is 29.6 Å². The summed E-state index contributed by atoms with van der Waals surface area (Å²) in [7, 11) is 0. The van der Waals surface area contributed by atoms with E-state index in [-0.39, 0.29) is 0 Å². The van der Waals surface area contributed by atoms with Gasteiger partial charge in [-0.05, 0) is 55.5 Å². The van der Waals surface area contributed by atoms with Crippen LogP contribution in [0.25, 0.3) is 0 Å². The Balaban J connectivity index is 1.77. The minimum Gasteiger partial charge on any atom is -0.455 e. The molecule has 4 nitrogen and oxygen atoms in total. The smallest absolute Gasteiger partial charge is 0.319 e. The van der Waals surface area contributed by atoms with E-state index in [1.165, 1.54) is 36.0 Å². The molecule has 0 fully saturated rings. The Morgan fingerprint density at radius 3 is 2.42 bits per heavy atom.